The van der Waals surface area contributed by atoms with E-state index in [4.69, 9.17) is 26.1 Å². The fourth-order valence-electron chi connectivity index (χ4n) is 4.37. The monoisotopic (exact) mass is 603 g/mol. The van der Waals surface area contributed by atoms with Crippen LogP contribution < -0.4 is 24.4 Å². The summed E-state index contributed by atoms with van der Waals surface area (Å²) in [5.41, 5.74) is 2.32. The maximum absolute atomic E-state index is 13.9. The second-order valence-corrected chi connectivity index (χ2v) is 10.6. The molecule has 2 aromatic carbocycles. The summed E-state index contributed by atoms with van der Waals surface area (Å²) in [4.78, 5) is 34.5. The average Bonchev–Trinajstić information content (AvgIpc) is 3.18. The molecule has 1 atom stereocenters. The molecule has 0 unspecified atom stereocenters. The van der Waals surface area contributed by atoms with Crippen molar-refractivity contribution in [1.29, 1.82) is 0 Å². The molecule has 0 radical (unpaired) electrons. The molecule has 4 rings (SSSR count). The van der Waals surface area contributed by atoms with Crippen LogP contribution in [0.15, 0.2) is 61.9 Å². The highest BCUT2D eigenvalue weighted by molar-refractivity contribution is 9.10. The van der Waals surface area contributed by atoms with Crippen LogP contribution in [0.2, 0.25) is 5.02 Å². The molecule has 1 aromatic heterocycles. The van der Waals surface area contributed by atoms with E-state index in [1.54, 1.807) is 48.0 Å². The molecule has 0 saturated heterocycles. The van der Waals surface area contributed by atoms with E-state index in [-0.39, 0.29) is 11.5 Å². The van der Waals surface area contributed by atoms with Crippen LogP contribution in [0.25, 0.3) is 6.08 Å². The van der Waals surface area contributed by atoms with Crippen LogP contribution in [0.4, 0.5) is 0 Å². The van der Waals surface area contributed by atoms with Crippen molar-refractivity contribution < 1.29 is 14.3 Å². The van der Waals surface area contributed by atoms with Gasteiger partial charge in [0.15, 0.2) is 4.80 Å². The van der Waals surface area contributed by atoms with Crippen molar-refractivity contribution in [3.8, 4) is 11.5 Å². The van der Waals surface area contributed by atoms with Crippen LogP contribution in [-0.4, -0.2) is 42.7 Å². The van der Waals surface area contributed by atoms with Crippen molar-refractivity contribution in [1.82, 2.24) is 9.47 Å². The fourth-order valence-corrected chi connectivity index (χ4v) is 6.06. The second-order valence-electron chi connectivity index (χ2n) is 8.34. The quantitative estimate of drug-likeness (QED) is 0.397. The lowest BCUT2D eigenvalue weighted by Crippen LogP contribution is -2.43. The first-order chi connectivity index (χ1) is 17.7. The summed E-state index contributed by atoms with van der Waals surface area (Å²) in [5.74, 6) is 1.04. The standard InChI is InChI=1S/C27H27BrClN3O4S/c1-6-31(7-2)26(34)23-15(3)30-27-32(24(23)16-8-10-18(29)11-9-16)25(33)22(37-27)13-17-12-19(28)21(36-5)14-20(17)35-4/h8-14,24H,6-7H2,1-5H3/b22-13+/t24-/m1/s1. The van der Waals surface area contributed by atoms with Gasteiger partial charge < -0.3 is 14.4 Å². The molecule has 3 aromatic rings. The summed E-state index contributed by atoms with van der Waals surface area (Å²) in [7, 11) is 3.14. The Balaban J connectivity index is 1.97. The molecule has 7 nitrogen and oxygen atoms in total. The SMILES string of the molecule is CCN(CC)C(=O)C1=C(C)N=c2s/c(=C/c3cc(Br)c(OC)cc3OC)c(=O)n2[C@@H]1c1ccc(Cl)cc1. The summed E-state index contributed by atoms with van der Waals surface area (Å²) >= 11 is 10.9. The minimum atomic E-state index is -0.631. The first kappa shape index (κ1) is 27.2. The summed E-state index contributed by atoms with van der Waals surface area (Å²) in [6.45, 7) is 6.79. The molecule has 0 spiro atoms. The zero-order chi connectivity index (χ0) is 26.9. The Hall–Kier alpha value is -2.88. The minimum absolute atomic E-state index is 0.138. The number of amides is 1. The van der Waals surface area contributed by atoms with E-state index < -0.39 is 6.04 Å². The average molecular weight is 605 g/mol. The number of hydrogen-bond acceptors (Lipinski definition) is 6. The Morgan fingerprint density at radius 1 is 1.16 bits per heavy atom. The number of fused-ring (bicyclic) bond motifs is 1. The minimum Gasteiger partial charge on any atom is -0.496 e. The molecule has 1 aliphatic rings. The topological polar surface area (TPSA) is 73.1 Å². The van der Waals surface area contributed by atoms with Gasteiger partial charge in [-0.1, -0.05) is 35.1 Å². The third-order valence-electron chi connectivity index (χ3n) is 6.28. The van der Waals surface area contributed by atoms with Crippen molar-refractivity contribution in [2.24, 2.45) is 4.99 Å². The molecule has 37 heavy (non-hydrogen) atoms. The van der Waals surface area contributed by atoms with Gasteiger partial charge in [0, 0.05) is 29.7 Å². The smallest absolute Gasteiger partial charge is 0.271 e. The summed E-state index contributed by atoms with van der Waals surface area (Å²) in [6.07, 6.45) is 1.77. The normalized spacial score (nSPS) is 15.3. The number of carbonyl (C=O) groups is 1. The van der Waals surface area contributed by atoms with E-state index in [0.29, 0.717) is 55.8 Å². The van der Waals surface area contributed by atoms with Crippen LogP contribution in [-0.2, 0) is 4.79 Å². The van der Waals surface area contributed by atoms with E-state index in [2.05, 4.69) is 15.9 Å². The van der Waals surface area contributed by atoms with Gasteiger partial charge in [0.25, 0.3) is 11.5 Å². The maximum Gasteiger partial charge on any atom is 0.271 e. The molecule has 0 aliphatic carbocycles. The summed E-state index contributed by atoms with van der Waals surface area (Å²) in [6, 6.07) is 10.2. The molecular weight excluding hydrogens is 578 g/mol. The summed E-state index contributed by atoms with van der Waals surface area (Å²) < 4.78 is 13.7. The Kier molecular flexibility index (Phi) is 8.26. The van der Waals surface area contributed by atoms with Gasteiger partial charge in [-0.2, -0.15) is 0 Å². The van der Waals surface area contributed by atoms with Gasteiger partial charge in [-0.05, 0) is 66.5 Å². The van der Waals surface area contributed by atoms with Crippen molar-refractivity contribution in [2.75, 3.05) is 27.3 Å². The summed E-state index contributed by atoms with van der Waals surface area (Å²) in [5, 5.41) is 0.575. The highest BCUT2D eigenvalue weighted by atomic mass is 79.9. The van der Waals surface area contributed by atoms with Crippen molar-refractivity contribution >= 4 is 50.9 Å². The molecule has 1 amide bonds. The second kappa shape index (κ2) is 11.2. The number of carbonyl (C=O) groups excluding carboxylic acids is 1. The number of rotatable bonds is 7. The lowest BCUT2D eigenvalue weighted by atomic mass is 9.94. The molecule has 194 valence electrons. The number of allylic oxidation sites excluding steroid dienone is 1. The van der Waals surface area contributed by atoms with Gasteiger partial charge in [-0.3, -0.25) is 14.2 Å². The highest BCUT2D eigenvalue weighted by Gasteiger charge is 2.34. The number of ether oxygens (including phenoxy) is 2. The van der Waals surface area contributed by atoms with Crippen LogP contribution in [0.1, 0.15) is 37.9 Å². The van der Waals surface area contributed by atoms with E-state index in [0.717, 1.165) is 10.0 Å². The highest BCUT2D eigenvalue weighted by Crippen LogP contribution is 2.34. The molecule has 0 fully saturated rings. The van der Waals surface area contributed by atoms with Gasteiger partial charge in [-0.25, -0.2) is 4.99 Å². The molecule has 0 N–H and O–H groups in total. The van der Waals surface area contributed by atoms with Crippen molar-refractivity contribution in [3.05, 3.63) is 88.0 Å². The van der Waals surface area contributed by atoms with Crippen LogP contribution >= 0.6 is 38.9 Å². The lowest BCUT2D eigenvalue weighted by Gasteiger charge is -2.29. The number of thiazole rings is 1. The van der Waals surface area contributed by atoms with Crippen LogP contribution in [0.5, 0.6) is 11.5 Å². The Labute approximate surface area is 232 Å². The first-order valence-corrected chi connectivity index (χ1v) is 13.7. The van der Waals surface area contributed by atoms with E-state index >= 15 is 0 Å². The predicted octanol–water partition coefficient (Wildman–Crippen LogP) is 4.54. The van der Waals surface area contributed by atoms with E-state index in [1.807, 2.05) is 39.0 Å². The van der Waals surface area contributed by atoms with E-state index in [1.165, 1.54) is 11.3 Å². The lowest BCUT2D eigenvalue weighted by molar-refractivity contribution is -0.127. The predicted molar refractivity (Wildman–Crippen MR) is 150 cm³/mol. The number of hydrogen-bond donors (Lipinski definition) is 0. The maximum atomic E-state index is 13.9. The number of benzene rings is 2. The Morgan fingerprint density at radius 3 is 2.41 bits per heavy atom. The Bertz CT molecular complexity index is 1560. The van der Waals surface area contributed by atoms with Gasteiger partial charge in [0.05, 0.1) is 40.5 Å². The molecule has 0 saturated carbocycles. The molecular formula is C27H27BrClN3O4S. The molecule has 0 bridgehead atoms. The zero-order valence-corrected chi connectivity index (χ0v) is 24.3. The van der Waals surface area contributed by atoms with Gasteiger partial charge in [0.2, 0.25) is 0 Å². The van der Waals surface area contributed by atoms with Crippen molar-refractivity contribution in [2.45, 2.75) is 26.8 Å². The number of methoxy groups -OCH3 is 2. The van der Waals surface area contributed by atoms with Crippen LogP contribution in [0.3, 0.4) is 0 Å². The largest absolute Gasteiger partial charge is 0.496 e. The third kappa shape index (κ3) is 5.12. The Morgan fingerprint density at radius 2 is 1.81 bits per heavy atom. The molecule has 10 heteroatoms. The third-order valence-corrected chi connectivity index (χ3v) is 8.13. The molecule has 2 heterocycles. The molecule has 1 aliphatic heterocycles. The van der Waals surface area contributed by atoms with Gasteiger partial charge in [-0.15, -0.1) is 0 Å². The van der Waals surface area contributed by atoms with Gasteiger partial charge in [0.1, 0.15) is 11.5 Å². The number of likely N-dealkylation sites (N-methyl/N-ethyl adjacent to an activating group) is 1. The van der Waals surface area contributed by atoms with Crippen LogP contribution in [0, 0.1) is 0 Å². The van der Waals surface area contributed by atoms with Gasteiger partial charge >= 0.3 is 0 Å². The van der Waals surface area contributed by atoms with Crippen molar-refractivity contribution in [3.63, 3.8) is 0 Å². The fraction of sp³-hybridized carbons (Fsp3) is 0.296. The zero-order valence-electron chi connectivity index (χ0n) is 21.2. The number of halogens is 2. The first-order valence-electron chi connectivity index (χ1n) is 11.7. The number of aromatic nitrogens is 1. The number of nitrogens with zero attached hydrogens (tertiary/aromatic N) is 3. The van der Waals surface area contributed by atoms with E-state index in [9.17, 15) is 9.59 Å².